The number of nitrogens with zero attached hydrogens (tertiary/aromatic N) is 5. The van der Waals surface area contributed by atoms with Crippen LogP contribution in [0.25, 0.3) is 10.9 Å². The average molecular weight is 373 g/mol. The molecule has 6 nitrogen and oxygen atoms in total. The van der Waals surface area contributed by atoms with Gasteiger partial charge in [-0.05, 0) is 44.0 Å². The molecule has 142 valence electrons. The van der Waals surface area contributed by atoms with Crippen molar-refractivity contribution in [3.8, 4) is 5.75 Å². The van der Waals surface area contributed by atoms with Crippen LogP contribution in [-0.4, -0.2) is 32.3 Å². The first-order valence-corrected chi connectivity index (χ1v) is 9.30. The van der Waals surface area contributed by atoms with Gasteiger partial charge in [0.15, 0.2) is 0 Å². The molecular formula is C22H23N5O. The van der Waals surface area contributed by atoms with Crippen molar-refractivity contribution in [1.29, 1.82) is 0 Å². The van der Waals surface area contributed by atoms with Gasteiger partial charge in [-0.1, -0.05) is 30.3 Å². The van der Waals surface area contributed by atoms with Crippen LogP contribution in [0.5, 0.6) is 5.75 Å². The highest BCUT2D eigenvalue weighted by atomic mass is 16.5. The molecule has 0 spiro atoms. The molecule has 0 fully saturated rings. The standard InChI is InChI=1S/C22H23N5O/c1-16-8-9-17(2)22(12-16)28-11-10-27-18(3)20(13-25-26-14-23-24-15-26)19-6-4-5-7-21(19)27/h4-9,12-15H,10-11H2,1-3H3/b25-13+. The van der Waals surface area contributed by atoms with Crippen LogP contribution in [-0.2, 0) is 6.54 Å². The summed E-state index contributed by atoms with van der Waals surface area (Å²) in [4.78, 5) is 0. The largest absolute Gasteiger partial charge is 0.491 e. The first-order valence-electron chi connectivity index (χ1n) is 9.30. The van der Waals surface area contributed by atoms with Crippen LogP contribution in [0.2, 0.25) is 0 Å². The zero-order valence-electron chi connectivity index (χ0n) is 16.3. The predicted molar refractivity (Wildman–Crippen MR) is 111 cm³/mol. The van der Waals surface area contributed by atoms with Gasteiger partial charge in [-0.2, -0.15) is 5.10 Å². The Morgan fingerprint density at radius 2 is 1.82 bits per heavy atom. The zero-order chi connectivity index (χ0) is 19.5. The van der Waals surface area contributed by atoms with Crippen molar-refractivity contribution in [3.05, 3.63) is 77.5 Å². The van der Waals surface area contributed by atoms with Crippen LogP contribution >= 0.6 is 0 Å². The molecule has 2 heterocycles. The molecule has 0 aliphatic carbocycles. The van der Waals surface area contributed by atoms with E-state index in [0.29, 0.717) is 6.61 Å². The minimum absolute atomic E-state index is 0.603. The number of aryl methyl sites for hydroxylation is 2. The Kier molecular flexibility index (Phi) is 4.93. The Morgan fingerprint density at radius 1 is 1.04 bits per heavy atom. The lowest BCUT2D eigenvalue weighted by molar-refractivity contribution is 0.297. The molecule has 28 heavy (non-hydrogen) atoms. The highest BCUT2D eigenvalue weighted by Crippen LogP contribution is 2.25. The SMILES string of the molecule is Cc1ccc(C)c(OCCn2c(C)c(/C=N/n3cnnc3)c3ccccc32)c1. The first-order chi connectivity index (χ1) is 13.6. The summed E-state index contributed by atoms with van der Waals surface area (Å²) in [6, 6.07) is 14.7. The third-order valence-electron chi connectivity index (χ3n) is 4.92. The highest BCUT2D eigenvalue weighted by Gasteiger charge is 2.12. The van der Waals surface area contributed by atoms with Crippen LogP contribution in [0.15, 0.2) is 60.2 Å². The summed E-state index contributed by atoms with van der Waals surface area (Å²) in [6.07, 6.45) is 5.01. The number of hydrogen-bond acceptors (Lipinski definition) is 4. The summed E-state index contributed by atoms with van der Waals surface area (Å²) in [5.41, 5.74) is 5.78. The van der Waals surface area contributed by atoms with Gasteiger partial charge in [0.2, 0.25) is 0 Å². The number of ether oxygens (including phenoxy) is 1. The molecule has 0 unspecified atom stereocenters. The van der Waals surface area contributed by atoms with E-state index in [-0.39, 0.29) is 0 Å². The number of para-hydroxylation sites is 1. The van der Waals surface area contributed by atoms with Crippen LogP contribution in [0.1, 0.15) is 22.4 Å². The van der Waals surface area contributed by atoms with Gasteiger partial charge in [0, 0.05) is 22.2 Å². The van der Waals surface area contributed by atoms with E-state index in [1.54, 1.807) is 17.3 Å². The molecule has 0 radical (unpaired) electrons. The van der Waals surface area contributed by atoms with E-state index in [2.05, 4.69) is 83.1 Å². The number of benzene rings is 2. The van der Waals surface area contributed by atoms with E-state index in [1.165, 1.54) is 16.5 Å². The van der Waals surface area contributed by atoms with Crippen LogP contribution in [0, 0.1) is 20.8 Å². The lowest BCUT2D eigenvalue weighted by Crippen LogP contribution is -2.10. The van der Waals surface area contributed by atoms with Crippen LogP contribution < -0.4 is 4.74 Å². The Balaban J connectivity index is 1.60. The quantitative estimate of drug-likeness (QED) is 0.478. The summed E-state index contributed by atoms with van der Waals surface area (Å²) in [6.45, 7) is 7.64. The van der Waals surface area contributed by atoms with E-state index in [0.717, 1.165) is 29.1 Å². The smallest absolute Gasteiger partial charge is 0.141 e. The Hall–Kier alpha value is -3.41. The number of hydrogen-bond donors (Lipinski definition) is 0. The van der Waals surface area contributed by atoms with Gasteiger partial charge in [0.05, 0.1) is 12.8 Å². The normalized spacial score (nSPS) is 11.5. The van der Waals surface area contributed by atoms with E-state index >= 15 is 0 Å². The molecule has 0 aliphatic rings. The fourth-order valence-corrected chi connectivity index (χ4v) is 3.40. The molecule has 6 heteroatoms. The van der Waals surface area contributed by atoms with Gasteiger partial charge in [0.25, 0.3) is 0 Å². The summed E-state index contributed by atoms with van der Waals surface area (Å²) >= 11 is 0. The second kappa shape index (κ2) is 7.68. The van der Waals surface area contributed by atoms with Gasteiger partial charge < -0.3 is 9.30 Å². The maximum Gasteiger partial charge on any atom is 0.141 e. The summed E-state index contributed by atoms with van der Waals surface area (Å²) in [5.74, 6) is 0.948. The molecule has 0 N–H and O–H groups in total. The molecule has 2 aromatic carbocycles. The minimum Gasteiger partial charge on any atom is -0.491 e. The third-order valence-corrected chi connectivity index (χ3v) is 4.92. The molecule has 0 saturated heterocycles. The van der Waals surface area contributed by atoms with E-state index < -0.39 is 0 Å². The van der Waals surface area contributed by atoms with Crippen molar-refractivity contribution in [1.82, 2.24) is 19.4 Å². The first kappa shape index (κ1) is 18.0. The maximum atomic E-state index is 6.08. The van der Waals surface area contributed by atoms with Crippen molar-refractivity contribution in [2.24, 2.45) is 5.10 Å². The topological polar surface area (TPSA) is 57.2 Å². The number of rotatable bonds is 6. The monoisotopic (exact) mass is 373 g/mol. The lowest BCUT2D eigenvalue weighted by Gasteiger charge is -2.12. The van der Waals surface area contributed by atoms with Crippen LogP contribution in [0.3, 0.4) is 0 Å². The molecule has 0 atom stereocenters. The second-order valence-corrected chi connectivity index (χ2v) is 6.87. The number of aromatic nitrogens is 4. The van der Waals surface area contributed by atoms with E-state index in [4.69, 9.17) is 4.74 Å². The second-order valence-electron chi connectivity index (χ2n) is 6.87. The summed E-state index contributed by atoms with van der Waals surface area (Å²) in [7, 11) is 0. The summed E-state index contributed by atoms with van der Waals surface area (Å²) in [5, 5.41) is 13.2. The fourth-order valence-electron chi connectivity index (χ4n) is 3.40. The molecule has 4 aromatic rings. The zero-order valence-corrected chi connectivity index (χ0v) is 16.3. The highest BCUT2D eigenvalue weighted by molar-refractivity contribution is 6.01. The van der Waals surface area contributed by atoms with Gasteiger partial charge in [-0.25, -0.2) is 4.68 Å². The lowest BCUT2D eigenvalue weighted by atomic mass is 10.1. The van der Waals surface area contributed by atoms with Crippen molar-refractivity contribution in [3.63, 3.8) is 0 Å². The molecule has 4 rings (SSSR count). The van der Waals surface area contributed by atoms with E-state index in [9.17, 15) is 0 Å². The molecule has 0 amide bonds. The number of fused-ring (bicyclic) bond motifs is 1. The van der Waals surface area contributed by atoms with Gasteiger partial charge in [0.1, 0.15) is 25.0 Å². The summed E-state index contributed by atoms with van der Waals surface area (Å²) < 4.78 is 9.96. The predicted octanol–water partition coefficient (Wildman–Crippen LogP) is 4.12. The van der Waals surface area contributed by atoms with E-state index in [1.807, 2.05) is 6.21 Å². The van der Waals surface area contributed by atoms with Gasteiger partial charge in [-0.15, -0.1) is 10.2 Å². The fraction of sp³-hybridized carbons (Fsp3) is 0.227. The Labute approximate surface area is 164 Å². The van der Waals surface area contributed by atoms with Gasteiger partial charge in [-0.3, -0.25) is 0 Å². The van der Waals surface area contributed by atoms with Crippen molar-refractivity contribution in [2.45, 2.75) is 27.3 Å². The van der Waals surface area contributed by atoms with Crippen molar-refractivity contribution in [2.75, 3.05) is 6.61 Å². The molecule has 0 bridgehead atoms. The maximum absolute atomic E-state index is 6.08. The van der Waals surface area contributed by atoms with Gasteiger partial charge >= 0.3 is 0 Å². The van der Waals surface area contributed by atoms with Crippen molar-refractivity contribution >= 4 is 17.1 Å². The van der Waals surface area contributed by atoms with Crippen LogP contribution in [0.4, 0.5) is 0 Å². The van der Waals surface area contributed by atoms with Crippen molar-refractivity contribution < 1.29 is 4.74 Å². The Bertz CT molecular complexity index is 1130. The Morgan fingerprint density at radius 3 is 2.64 bits per heavy atom. The molecular weight excluding hydrogens is 350 g/mol. The minimum atomic E-state index is 0.603. The molecule has 0 saturated carbocycles. The third kappa shape index (κ3) is 3.53. The molecule has 2 aromatic heterocycles. The molecule has 0 aliphatic heterocycles. The average Bonchev–Trinajstić information content (AvgIpc) is 3.30.